The van der Waals surface area contributed by atoms with E-state index in [0.717, 1.165) is 16.9 Å². The highest BCUT2D eigenvalue weighted by molar-refractivity contribution is 6.30. The Balaban J connectivity index is 2.21. The number of benzene rings is 1. The predicted octanol–water partition coefficient (Wildman–Crippen LogP) is 2.34. The minimum atomic E-state index is -0.293. The molecule has 3 aromatic rings. The van der Waals surface area contributed by atoms with Crippen LogP contribution in [0.4, 0.5) is 0 Å². The third-order valence-corrected chi connectivity index (χ3v) is 2.81. The van der Waals surface area contributed by atoms with Gasteiger partial charge in [-0.1, -0.05) is 23.7 Å². The smallest absolute Gasteiger partial charge is 0.339 e. The van der Waals surface area contributed by atoms with E-state index in [1.54, 1.807) is 12.3 Å². The van der Waals surface area contributed by atoms with Gasteiger partial charge in [-0.25, -0.2) is 9.78 Å². The normalized spacial score (nSPS) is 10.9. The molecule has 0 amide bonds. The van der Waals surface area contributed by atoms with Crippen LogP contribution in [0.25, 0.3) is 16.9 Å². The van der Waals surface area contributed by atoms with Gasteiger partial charge in [0.15, 0.2) is 0 Å². The van der Waals surface area contributed by atoms with Gasteiger partial charge in [-0.2, -0.15) is 0 Å². The van der Waals surface area contributed by atoms with Crippen LogP contribution in [0, 0.1) is 0 Å². The molecule has 2 heterocycles. The molecule has 0 aliphatic heterocycles. The van der Waals surface area contributed by atoms with Crippen molar-refractivity contribution in [2.75, 3.05) is 0 Å². The van der Waals surface area contributed by atoms with Crippen molar-refractivity contribution >= 4 is 17.2 Å². The van der Waals surface area contributed by atoms with E-state index >= 15 is 0 Å². The van der Waals surface area contributed by atoms with Crippen molar-refractivity contribution in [3.63, 3.8) is 0 Å². The number of imidazole rings is 1. The van der Waals surface area contributed by atoms with E-state index in [9.17, 15) is 4.79 Å². The standard InChI is InChI=1S/C12H8ClN3O/c13-9-3-1-8(2-4-9)10-7-16-11(15-10)5-6-14-12(16)17/h1-7,15H. The average molecular weight is 246 g/mol. The molecule has 4 nitrogen and oxygen atoms in total. The Labute approximate surface area is 102 Å². The molecular weight excluding hydrogens is 238 g/mol. The average Bonchev–Trinajstić information content (AvgIpc) is 2.75. The summed E-state index contributed by atoms with van der Waals surface area (Å²) in [5, 5.41) is 0.684. The van der Waals surface area contributed by atoms with Gasteiger partial charge < -0.3 is 4.98 Å². The second-order valence-corrected chi connectivity index (χ2v) is 4.09. The molecule has 0 saturated carbocycles. The Morgan fingerprint density at radius 3 is 2.65 bits per heavy atom. The van der Waals surface area contributed by atoms with Crippen LogP contribution in [0.1, 0.15) is 0 Å². The summed E-state index contributed by atoms with van der Waals surface area (Å²) in [6.45, 7) is 0. The number of hydrogen-bond donors (Lipinski definition) is 1. The molecule has 0 bridgehead atoms. The summed E-state index contributed by atoms with van der Waals surface area (Å²) in [7, 11) is 0. The largest absolute Gasteiger partial charge is 0.353 e. The number of nitrogens with zero attached hydrogens (tertiary/aromatic N) is 2. The maximum absolute atomic E-state index is 11.5. The minimum Gasteiger partial charge on any atom is -0.339 e. The molecule has 3 rings (SSSR count). The van der Waals surface area contributed by atoms with E-state index in [-0.39, 0.29) is 5.69 Å². The molecule has 2 aromatic heterocycles. The van der Waals surface area contributed by atoms with Gasteiger partial charge in [0.1, 0.15) is 5.65 Å². The lowest BCUT2D eigenvalue weighted by Crippen LogP contribution is -2.13. The lowest BCUT2D eigenvalue weighted by Gasteiger charge is -1.96. The maximum Gasteiger partial charge on any atom is 0.353 e. The highest BCUT2D eigenvalue weighted by atomic mass is 35.5. The van der Waals surface area contributed by atoms with Gasteiger partial charge in [0.2, 0.25) is 0 Å². The van der Waals surface area contributed by atoms with Gasteiger partial charge in [-0.15, -0.1) is 0 Å². The third-order valence-electron chi connectivity index (χ3n) is 2.56. The third kappa shape index (κ3) is 1.72. The summed E-state index contributed by atoms with van der Waals surface area (Å²) in [4.78, 5) is 18.3. The van der Waals surface area contributed by atoms with E-state index in [2.05, 4.69) is 9.97 Å². The van der Waals surface area contributed by atoms with Gasteiger partial charge in [-0.3, -0.25) is 4.40 Å². The molecule has 0 aliphatic rings. The monoisotopic (exact) mass is 245 g/mol. The molecule has 0 unspecified atom stereocenters. The molecule has 0 atom stereocenters. The fraction of sp³-hybridized carbons (Fsp3) is 0. The first-order valence-electron chi connectivity index (χ1n) is 5.06. The Hall–Kier alpha value is -2.07. The van der Waals surface area contributed by atoms with Crippen LogP contribution in [-0.2, 0) is 0 Å². The summed E-state index contributed by atoms with van der Waals surface area (Å²) in [6.07, 6.45) is 3.22. The molecule has 84 valence electrons. The van der Waals surface area contributed by atoms with Crippen LogP contribution in [0.2, 0.25) is 5.02 Å². The van der Waals surface area contributed by atoms with Gasteiger partial charge >= 0.3 is 5.69 Å². The van der Waals surface area contributed by atoms with Crippen molar-refractivity contribution in [1.82, 2.24) is 14.4 Å². The first-order valence-corrected chi connectivity index (χ1v) is 5.44. The second kappa shape index (κ2) is 3.75. The van der Waals surface area contributed by atoms with E-state index < -0.39 is 0 Å². The highest BCUT2D eigenvalue weighted by Gasteiger charge is 2.04. The Morgan fingerprint density at radius 1 is 1.18 bits per heavy atom. The zero-order valence-corrected chi connectivity index (χ0v) is 9.48. The first kappa shape index (κ1) is 10.1. The van der Waals surface area contributed by atoms with Crippen LogP contribution >= 0.6 is 11.6 Å². The maximum atomic E-state index is 11.5. The zero-order valence-electron chi connectivity index (χ0n) is 8.72. The number of aromatic nitrogens is 3. The van der Waals surface area contributed by atoms with Crippen LogP contribution in [0.15, 0.2) is 47.5 Å². The van der Waals surface area contributed by atoms with Crippen LogP contribution in [0.5, 0.6) is 0 Å². The molecule has 0 saturated heterocycles. The van der Waals surface area contributed by atoms with Crippen molar-refractivity contribution in [3.05, 3.63) is 58.2 Å². The molecular formula is C12H8ClN3O. The van der Waals surface area contributed by atoms with E-state index in [4.69, 9.17) is 11.6 Å². The summed E-state index contributed by atoms with van der Waals surface area (Å²) in [5.41, 5.74) is 2.25. The number of fused-ring (bicyclic) bond motifs is 1. The molecule has 1 N–H and O–H groups in total. The SMILES string of the molecule is O=c1nccc2[nH]c(-c3ccc(Cl)cc3)cn12. The fourth-order valence-corrected chi connectivity index (χ4v) is 1.85. The van der Waals surface area contributed by atoms with Crippen molar-refractivity contribution in [2.24, 2.45) is 0 Å². The van der Waals surface area contributed by atoms with Gasteiger partial charge in [0, 0.05) is 17.4 Å². The van der Waals surface area contributed by atoms with Crippen LogP contribution < -0.4 is 5.69 Å². The fourth-order valence-electron chi connectivity index (χ4n) is 1.72. The number of H-pyrrole nitrogens is 1. The van der Waals surface area contributed by atoms with Crippen LogP contribution in [0.3, 0.4) is 0 Å². The lowest BCUT2D eigenvalue weighted by molar-refractivity contribution is 1.00. The Kier molecular flexibility index (Phi) is 2.23. The highest BCUT2D eigenvalue weighted by Crippen LogP contribution is 2.20. The van der Waals surface area contributed by atoms with Crippen molar-refractivity contribution in [1.29, 1.82) is 0 Å². The molecule has 5 heteroatoms. The summed E-state index contributed by atoms with van der Waals surface area (Å²) in [5.74, 6) is 0. The van der Waals surface area contributed by atoms with E-state index in [0.29, 0.717) is 5.02 Å². The summed E-state index contributed by atoms with van der Waals surface area (Å²) >= 11 is 5.83. The molecule has 17 heavy (non-hydrogen) atoms. The summed E-state index contributed by atoms with van der Waals surface area (Å²) < 4.78 is 1.48. The van der Waals surface area contributed by atoms with Crippen molar-refractivity contribution in [3.8, 4) is 11.3 Å². The number of rotatable bonds is 1. The molecule has 0 spiro atoms. The first-order chi connectivity index (χ1) is 8.24. The number of aromatic amines is 1. The predicted molar refractivity (Wildman–Crippen MR) is 66.3 cm³/mol. The topological polar surface area (TPSA) is 50.2 Å². The quantitative estimate of drug-likeness (QED) is 0.715. The Morgan fingerprint density at radius 2 is 1.94 bits per heavy atom. The number of halogens is 1. The molecule has 0 aliphatic carbocycles. The lowest BCUT2D eigenvalue weighted by atomic mass is 10.2. The van der Waals surface area contributed by atoms with Crippen LogP contribution in [-0.4, -0.2) is 14.4 Å². The second-order valence-electron chi connectivity index (χ2n) is 3.66. The zero-order chi connectivity index (χ0) is 11.8. The Bertz CT molecular complexity index is 727. The van der Waals surface area contributed by atoms with E-state index in [1.165, 1.54) is 10.6 Å². The minimum absolute atomic E-state index is 0.293. The molecule has 0 fully saturated rings. The van der Waals surface area contributed by atoms with Gasteiger partial charge in [0.05, 0.1) is 5.69 Å². The van der Waals surface area contributed by atoms with E-state index in [1.807, 2.05) is 24.3 Å². The number of hydrogen-bond acceptors (Lipinski definition) is 2. The van der Waals surface area contributed by atoms with Gasteiger partial charge in [0.25, 0.3) is 0 Å². The van der Waals surface area contributed by atoms with Crippen molar-refractivity contribution < 1.29 is 0 Å². The molecule has 0 radical (unpaired) electrons. The molecule has 1 aromatic carbocycles. The number of nitrogens with one attached hydrogen (secondary N) is 1. The van der Waals surface area contributed by atoms with Gasteiger partial charge in [-0.05, 0) is 23.8 Å². The summed E-state index contributed by atoms with van der Waals surface area (Å²) in [6, 6.07) is 9.16. The van der Waals surface area contributed by atoms with Crippen molar-refractivity contribution in [2.45, 2.75) is 0 Å².